The Morgan fingerprint density at radius 2 is 1.65 bits per heavy atom. The monoisotopic (exact) mass is 335 g/mol. The largest absolute Gasteiger partial charge is 3.00 e. The molecule has 0 saturated heterocycles. The molecule has 0 aliphatic rings. The maximum atomic E-state index is 9.08. The van der Waals surface area contributed by atoms with Crippen LogP contribution in [0.3, 0.4) is 0 Å². The summed E-state index contributed by atoms with van der Waals surface area (Å²) in [4.78, 5) is 0. The maximum absolute atomic E-state index is 9.08. The van der Waals surface area contributed by atoms with Crippen LogP contribution in [0.15, 0.2) is 54.6 Å². The number of benzene rings is 1. The third kappa shape index (κ3) is 17.0. The molecule has 1 radical (unpaired) electrons. The molecule has 2 aromatic rings. The summed E-state index contributed by atoms with van der Waals surface area (Å²) in [6.45, 7) is 4.34. The van der Waals surface area contributed by atoms with Crippen molar-refractivity contribution >= 4 is 10.1 Å². The summed E-state index contributed by atoms with van der Waals surface area (Å²) in [5.74, 6) is 0.603. The van der Waals surface area contributed by atoms with Crippen molar-refractivity contribution in [1.82, 2.24) is 0 Å². The molecule has 0 heterocycles. The summed E-state index contributed by atoms with van der Waals surface area (Å²) >= 11 is 0. The van der Waals surface area contributed by atoms with Crippen LogP contribution in [0.1, 0.15) is 25.3 Å². The van der Waals surface area contributed by atoms with Gasteiger partial charge in [0.1, 0.15) is 0 Å². The second-order valence-electron chi connectivity index (χ2n) is 4.14. The fourth-order valence-corrected chi connectivity index (χ4v) is 1.09. The maximum Gasteiger partial charge on any atom is 3.00 e. The SMILES string of the molecule is CC(C)c1[c-]cccc1.CS(=O)(=O)[O-].[Fe+3].c1cc[cH-]c1. The van der Waals surface area contributed by atoms with Gasteiger partial charge in [-0.05, 0) is 5.92 Å². The van der Waals surface area contributed by atoms with E-state index >= 15 is 0 Å². The summed E-state index contributed by atoms with van der Waals surface area (Å²) in [7, 11) is -3.92. The Kier molecular flexibility index (Phi) is 12.6. The van der Waals surface area contributed by atoms with Crippen LogP contribution in [-0.2, 0) is 27.2 Å². The van der Waals surface area contributed by atoms with Crippen LogP contribution < -0.4 is 0 Å². The molecule has 0 atom stereocenters. The molecule has 0 N–H and O–H groups in total. The molecule has 2 rings (SSSR count). The van der Waals surface area contributed by atoms with Crippen LogP contribution in [-0.4, -0.2) is 19.2 Å². The van der Waals surface area contributed by atoms with Crippen molar-refractivity contribution in [2.75, 3.05) is 6.26 Å². The van der Waals surface area contributed by atoms with Gasteiger partial charge in [0.05, 0.1) is 10.1 Å². The van der Waals surface area contributed by atoms with E-state index in [2.05, 4.69) is 26.0 Å². The van der Waals surface area contributed by atoms with Crippen LogP contribution >= 0.6 is 0 Å². The molecule has 5 heteroatoms. The smallest absolute Gasteiger partial charge is 0.748 e. The molecule has 0 aromatic heterocycles. The Hall–Kier alpha value is -1.00. The van der Waals surface area contributed by atoms with Crippen molar-refractivity contribution in [2.24, 2.45) is 0 Å². The second-order valence-corrected chi connectivity index (χ2v) is 5.55. The Morgan fingerprint density at radius 1 is 1.15 bits per heavy atom. The third-order valence-corrected chi connectivity index (χ3v) is 1.91. The molecule has 2 aromatic carbocycles. The van der Waals surface area contributed by atoms with Crippen LogP contribution in [0.4, 0.5) is 0 Å². The van der Waals surface area contributed by atoms with Gasteiger partial charge in [0, 0.05) is 6.26 Å². The zero-order chi connectivity index (χ0) is 14.7. The van der Waals surface area contributed by atoms with Crippen LogP contribution in [0.2, 0.25) is 0 Å². The molecule has 3 nitrogen and oxygen atoms in total. The average molecular weight is 335 g/mol. The molecule has 0 amide bonds. The zero-order valence-corrected chi connectivity index (χ0v) is 13.7. The number of hydrogen-bond donors (Lipinski definition) is 0. The summed E-state index contributed by atoms with van der Waals surface area (Å²) in [6.07, 6.45) is 0.604. The van der Waals surface area contributed by atoms with Gasteiger partial charge in [0.2, 0.25) is 0 Å². The zero-order valence-electron chi connectivity index (χ0n) is 11.8. The molecule has 0 fully saturated rings. The van der Waals surface area contributed by atoms with Crippen molar-refractivity contribution in [3.05, 3.63) is 66.2 Å². The van der Waals surface area contributed by atoms with Crippen molar-refractivity contribution in [3.63, 3.8) is 0 Å². The van der Waals surface area contributed by atoms with Crippen molar-refractivity contribution < 1.29 is 30.0 Å². The van der Waals surface area contributed by atoms with Gasteiger partial charge >= 0.3 is 17.1 Å². The van der Waals surface area contributed by atoms with Crippen molar-refractivity contribution in [3.8, 4) is 0 Å². The van der Waals surface area contributed by atoms with E-state index in [1.807, 2.05) is 48.5 Å². The van der Waals surface area contributed by atoms with E-state index in [1.54, 1.807) is 0 Å². The van der Waals surface area contributed by atoms with Gasteiger partial charge in [-0.25, -0.2) is 20.6 Å². The predicted octanol–water partition coefficient (Wildman–Crippen LogP) is 3.17. The van der Waals surface area contributed by atoms with E-state index in [0.29, 0.717) is 12.2 Å². The first-order chi connectivity index (χ1) is 8.80. The molecule has 0 unspecified atom stereocenters. The van der Waals surface area contributed by atoms with E-state index in [1.165, 1.54) is 5.56 Å². The van der Waals surface area contributed by atoms with Gasteiger partial charge < -0.3 is 4.55 Å². The molecule has 0 saturated carbocycles. The molecular formula is C15H19FeO3S. The molecular weight excluding hydrogens is 316 g/mol. The van der Waals surface area contributed by atoms with Crippen molar-refractivity contribution in [2.45, 2.75) is 19.8 Å². The fraction of sp³-hybridized carbons (Fsp3) is 0.267. The fourth-order valence-electron chi connectivity index (χ4n) is 1.09. The molecule has 20 heavy (non-hydrogen) atoms. The first kappa shape index (κ1) is 21.3. The molecule has 0 bridgehead atoms. The molecule has 0 aliphatic heterocycles. The second kappa shape index (κ2) is 11.8. The first-order valence-electron chi connectivity index (χ1n) is 5.85. The Bertz CT molecular complexity index is 480. The van der Waals surface area contributed by atoms with Gasteiger partial charge in [-0.1, -0.05) is 13.8 Å². The van der Waals surface area contributed by atoms with Gasteiger partial charge in [0.15, 0.2) is 0 Å². The van der Waals surface area contributed by atoms with Gasteiger partial charge in [-0.2, -0.15) is 54.1 Å². The summed E-state index contributed by atoms with van der Waals surface area (Å²) < 4.78 is 27.2. The molecule has 111 valence electrons. The average Bonchev–Trinajstić information content (AvgIpc) is 2.86. The summed E-state index contributed by atoms with van der Waals surface area (Å²) in [6, 6.07) is 21.3. The number of hydrogen-bond acceptors (Lipinski definition) is 3. The molecule has 0 spiro atoms. The van der Waals surface area contributed by atoms with E-state index in [0.717, 1.165) is 0 Å². The van der Waals surface area contributed by atoms with Gasteiger partial charge in [-0.3, -0.25) is 0 Å². The van der Waals surface area contributed by atoms with Crippen molar-refractivity contribution in [1.29, 1.82) is 0 Å². The Morgan fingerprint density at radius 3 is 1.85 bits per heavy atom. The van der Waals surface area contributed by atoms with E-state index in [9.17, 15) is 0 Å². The summed E-state index contributed by atoms with van der Waals surface area (Å²) in [5, 5.41) is 0. The predicted molar refractivity (Wildman–Crippen MR) is 77.0 cm³/mol. The minimum atomic E-state index is -3.92. The normalized spacial score (nSPS) is 9.45. The quantitative estimate of drug-likeness (QED) is 0.457. The first-order valence-corrected chi connectivity index (χ1v) is 7.66. The van der Waals surface area contributed by atoms with Gasteiger partial charge in [0.25, 0.3) is 0 Å². The Labute approximate surface area is 132 Å². The molecule has 0 aliphatic carbocycles. The summed E-state index contributed by atoms with van der Waals surface area (Å²) in [5.41, 5.74) is 1.29. The number of rotatable bonds is 1. The van der Waals surface area contributed by atoms with Gasteiger partial charge in [-0.15, -0.1) is 0 Å². The minimum Gasteiger partial charge on any atom is -0.748 e. The van der Waals surface area contributed by atoms with Crippen LogP contribution in [0.5, 0.6) is 0 Å². The standard InChI is InChI=1S/C9H11.C5H5.CH4O3S.Fe/c1-8(2)9-6-4-3-5-7-9;1-2-4-5-3-1;1-5(2,3)4;/h3-6,8H,1-2H3;1-5H;1H3,(H,2,3,4);/q2*-1;;+3/p-1. The van der Waals surface area contributed by atoms with E-state index in [-0.39, 0.29) is 17.1 Å². The van der Waals surface area contributed by atoms with E-state index in [4.69, 9.17) is 13.0 Å². The topological polar surface area (TPSA) is 57.2 Å². The Balaban J connectivity index is 0. The van der Waals surface area contributed by atoms with Crippen LogP contribution in [0.25, 0.3) is 0 Å². The van der Waals surface area contributed by atoms with E-state index < -0.39 is 10.1 Å². The minimum absolute atomic E-state index is 0. The van der Waals surface area contributed by atoms with Crippen LogP contribution in [0, 0.1) is 6.07 Å². The third-order valence-electron chi connectivity index (χ3n) is 1.91.